The number of hydrogen-bond donors (Lipinski definition) is 1. The van der Waals surface area contributed by atoms with Crippen molar-refractivity contribution in [2.24, 2.45) is 5.92 Å². The summed E-state index contributed by atoms with van der Waals surface area (Å²) in [5.74, 6) is 1.49. The van der Waals surface area contributed by atoms with E-state index in [2.05, 4.69) is 48.9 Å². The fraction of sp³-hybridized carbons (Fsp3) is 0.562. The van der Waals surface area contributed by atoms with Gasteiger partial charge in [0.15, 0.2) is 6.61 Å². The van der Waals surface area contributed by atoms with Crippen molar-refractivity contribution in [3.05, 3.63) is 28.2 Å². The number of hydrogen-bond acceptors (Lipinski definition) is 2. The van der Waals surface area contributed by atoms with Crippen molar-refractivity contribution in [3.63, 3.8) is 0 Å². The van der Waals surface area contributed by atoms with Crippen molar-refractivity contribution in [2.75, 3.05) is 6.61 Å². The van der Waals surface area contributed by atoms with Crippen molar-refractivity contribution in [3.8, 4) is 5.75 Å². The van der Waals surface area contributed by atoms with Gasteiger partial charge >= 0.3 is 0 Å². The van der Waals surface area contributed by atoms with Gasteiger partial charge in [-0.15, -0.1) is 0 Å². The Bertz CT molecular complexity index is 458. The quantitative estimate of drug-likeness (QED) is 0.845. The minimum absolute atomic E-state index is 0.0384. The number of benzene rings is 1. The van der Waals surface area contributed by atoms with Gasteiger partial charge < -0.3 is 10.1 Å². The first-order valence-corrected chi connectivity index (χ1v) is 7.82. The lowest BCUT2D eigenvalue weighted by Gasteiger charge is -2.18. The number of halogens is 1. The maximum absolute atomic E-state index is 11.8. The van der Waals surface area contributed by atoms with Crippen molar-refractivity contribution < 1.29 is 9.53 Å². The Morgan fingerprint density at radius 1 is 1.25 bits per heavy atom. The van der Waals surface area contributed by atoms with E-state index in [1.165, 1.54) is 5.56 Å². The molecule has 0 aromatic heterocycles. The predicted molar refractivity (Wildman–Crippen MR) is 86.2 cm³/mol. The van der Waals surface area contributed by atoms with E-state index >= 15 is 0 Å². The molecule has 0 spiro atoms. The third-order valence-electron chi connectivity index (χ3n) is 3.37. The summed E-state index contributed by atoms with van der Waals surface area (Å²) in [7, 11) is 0. The monoisotopic (exact) mass is 341 g/mol. The molecule has 1 atom stereocenters. The molecule has 1 amide bonds. The zero-order chi connectivity index (χ0) is 15.3. The smallest absolute Gasteiger partial charge is 0.258 e. The van der Waals surface area contributed by atoms with E-state index in [9.17, 15) is 4.79 Å². The molecular weight excluding hydrogens is 318 g/mol. The molecular formula is C16H24BrNO2. The van der Waals surface area contributed by atoms with Crippen LogP contribution in [0.2, 0.25) is 0 Å². The molecule has 4 heteroatoms. The van der Waals surface area contributed by atoms with Crippen LogP contribution in [0.25, 0.3) is 0 Å². The fourth-order valence-corrected chi connectivity index (χ4v) is 2.11. The van der Waals surface area contributed by atoms with Gasteiger partial charge in [0.05, 0.1) is 4.47 Å². The van der Waals surface area contributed by atoms with E-state index in [0.29, 0.717) is 17.6 Å². The first-order chi connectivity index (χ1) is 9.31. The number of carbonyl (C=O) groups is 1. The Morgan fingerprint density at radius 2 is 1.90 bits per heavy atom. The zero-order valence-electron chi connectivity index (χ0n) is 12.9. The minimum Gasteiger partial charge on any atom is -0.483 e. The predicted octanol–water partition coefficient (Wildman–Crippen LogP) is 4.11. The first kappa shape index (κ1) is 17.0. The molecule has 0 saturated heterocycles. The Balaban J connectivity index is 2.56. The van der Waals surface area contributed by atoms with Crippen molar-refractivity contribution in [2.45, 2.75) is 46.6 Å². The van der Waals surface area contributed by atoms with Crippen LogP contribution in [-0.4, -0.2) is 18.6 Å². The Morgan fingerprint density at radius 3 is 2.40 bits per heavy atom. The van der Waals surface area contributed by atoms with Crippen LogP contribution in [0, 0.1) is 5.92 Å². The summed E-state index contributed by atoms with van der Waals surface area (Å²) in [5, 5.41) is 2.92. The van der Waals surface area contributed by atoms with Crippen LogP contribution in [0.4, 0.5) is 0 Å². The second kappa shape index (κ2) is 7.67. The van der Waals surface area contributed by atoms with Gasteiger partial charge in [-0.2, -0.15) is 0 Å². The highest BCUT2D eigenvalue weighted by molar-refractivity contribution is 9.10. The third-order valence-corrected chi connectivity index (χ3v) is 3.99. The summed E-state index contributed by atoms with van der Waals surface area (Å²) >= 11 is 3.48. The number of nitrogens with one attached hydrogen (secondary N) is 1. The molecule has 0 radical (unpaired) electrons. The molecule has 1 aromatic rings. The van der Waals surface area contributed by atoms with Crippen LogP contribution >= 0.6 is 15.9 Å². The van der Waals surface area contributed by atoms with Gasteiger partial charge in [-0.25, -0.2) is 0 Å². The molecule has 0 unspecified atom stereocenters. The molecule has 0 saturated carbocycles. The van der Waals surface area contributed by atoms with Crippen LogP contribution in [0.1, 0.15) is 46.1 Å². The second-order valence-electron chi connectivity index (χ2n) is 5.73. The lowest BCUT2D eigenvalue weighted by molar-refractivity contribution is -0.124. The van der Waals surface area contributed by atoms with E-state index in [1.807, 2.05) is 25.1 Å². The average molecular weight is 342 g/mol. The Hall–Kier alpha value is -1.03. The van der Waals surface area contributed by atoms with Gasteiger partial charge in [-0.3, -0.25) is 4.79 Å². The molecule has 3 nitrogen and oxygen atoms in total. The summed E-state index contributed by atoms with van der Waals surface area (Å²) in [6.07, 6.45) is 0. The summed E-state index contributed by atoms with van der Waals surface area (Å²) in [6, 6.07) is 6.12. The fourth-order valence-electron chi connectivity index (χ4n) is 1.60. The van der Waals surface area contributed by atoms with Gasteiger partial charge in [0.25, 0.3) is 5.91 Å². The van der Waals surface area contributed by atoms with Gasteiger partial charge in [-0.1, -0.05) is 33.8 Å². The van der Waals surface area contributed by atoms with E-state index in [-0.39, 0.29) is 18.6 Å². The molecule has 0 heterocycles. The van der Waals surface area contributed by atoms with Gasteiger partial charge in [-0.05, 0) is 52.4 Å². The highest BCUT2D eigenvalue weighted by Gasteiger charge is 2.12. The molecule has 0 aliphatic carbocycles. The molecule has 20 heavy (non-hydrogen) atoms. The van der Waals surface area contributed by atoms with E-state index in [0.717, 1.165) is 4.47 Å². The molecule has 1 rings (SSSR count). The summed E-state index contributed by atoms with van der Waals surface area (Å²) in [6.45, 7) is 10.5. The Labute approximate surface area is 130 Å². The SMILES string of the molecule is CC(C)c1ccc(OCC(=O)N[C@@H](C)C(C)C)c(Br)c1. The summed E-state index contributed by atoms with van der Waals surface area (Å²) in [4.78, 5) is 11.8. The van der Waals surface area contributed by atoms with Crippen LogP contribution in [0.5, 0.6) is 5.75 Å². The maximum Gasteiger partial charge on any atom is 0.258 e. The van der Waals surface area contributed by atoms with E-state index in [1.54, 1.807) is 0 Å². The molecule has 0 aliphatic heterocycles. The van der Waals surface area contributed by atoms with Crippen LogP contribution in [-0.2, 0) is 4.79 Å². The largest absolute Gasteiger partial charge is 0.483 e. The van der Waals surface area contributed by atoms with Crippen molar-refractivity contribution >= 4 is 21.8 Å². The molecule has 112 valence electrons. The van der Waals surface area contributed by atoms with Gasteiger partial charge in [0, 0.05) is 6.04 Å². The standard InChI is InChI=1S/C16H24BrNO2/c1-10(2)12(5)18-16(19)9-20-15-7-6-13(11(3)4)8-14(15)17/h6-8,10-12H,9H2,1-5H3,(H,18,19)/t12-/m0/s1. The van der Waals surface area contributed by atoms with E-state index < -0.39 is 0 Å². The molecule has 0 bridgehead atoms. The number of carbonyl (C=O) groups excluding carboxylic acids is 1. The molecule has 0 aliphatic rings. The van der Waals surface area contributed by atoms with E-state index in [4.69, 9.17) is 4.74 Å². The average Bonchev–Trinajstić information content (AvgIpc) is 2.36. The minimum atomic E-state index is -0.0916. The van der Waals surface area contributed by atoms with Gasteiger partial charge in [0.2, 0.25) is 0 Å². The zero-order valence-corrected chi connectivity index (χ0v) is 14.5. The van der Waals surface area contributed by atoms with Gasteiger partial charge in [0.1, 0.15) is 5.75 Å². The molecule has 0 fully saturated rings. The highest BCUT2D eigenvalue weighted by atomic mass is 79.9. The van der Waals surface area contributed by atoms with Crippen LogP contribution in [0.3, 0.4) is 0 Å². The highest BCUT2D eigenvalue weighted by Crippen LogP contribution is 2.28. The number of rotatable bonds is 6. The second-order valence-corrected chi connectivity index (χ2v) is 6.59. The number of amides is 1. The third kappa shape index (κ3) is 5.16. The lowest BCUT2D eigenvalue weighted by Crippen LogP contribution is -2.38. The maximum atomic E-state index is 11.8. The normalized spacial score (nSPS) is 12.6. The topological polar surface area (TPSA) is 38.3 Å². The van der Waals surface area contributed by atoms with Crippen molar-refractivity contribution in [1.82, 2.24) is 5.32 Å². The van der Waals surface area contributed by atoms with Crippen molar-refractivity contribution in [1.29, 1.82) is 0 Å². The first-order valence-electron chi connectivity index (χ1n) is 7.02. The summed E-state index contributed by atoms with van der Waals surface area (Å²) < 4.78 is 6.44. The number of ether oxygens (including phenoxy) is 1. The molecule has 1 N–H and O–H groups in total. The summed E-state index contributed by atoms with van der Waals surface area (Å²) in [5.41, 5.74) is 1.24. The molecule has 1 aromatic carbocycles. The Kier molecular flexibility index (Phi) is 6.53. The van der Waals surface area contributed by atoms with Crippen LogP contribution in [0.15, 0.2) is 22.7 Å². The lowest BCUT2D eigenvalue weighted by atomic mass is 10.0. The van der Waals surface area contributed by atoms with Crippen LogP contribution < -0.4 is 10.1 Å².